The van der Waals surface area contributed by atoms with Crippen LogP contribution in [-0.2, 0) is 23.8 Å². The summed E-state index contributed by atoms with van der Waals surface area (Å²) in [7, 11) is 0. The fourth-order valence-electron chi connectivity index (χ4n) is 3.25. The number of esters is 3. The number of hydrogen-bond acceptors (Lipinski definition) is 9. The van der Waals surface area contributed by atoms with Crippen molar-refractivity contribution in [1.82, 2.24) is 0 Å². The van der Waals surface area contributed by atoms with Crippen molar-refractivity contribution in [1.29, 1.82) is 0 Å². The van der Waals surface area contributed by atoms with Gasteiger partial charge in [-0.15, -0.1) is 0 Å². The van der Waals surface area contributed by atoms with Crippen molar-refractivity contribution in [2.45, 2.75) is 25.2 Å². The smallest absolute Gasteiger partial charge is 0.338 e. The molecule has 190 valence electrons. The van der Waals surface area contributed by atoms with Crippen LogP contribution in [0.5, 0.6) is 0 Å². The normalized spacial score (nSPS) is 12.9. The largest absolute Gasteiger partial charge is 0.459 e. The summed E-state index contributed by atoms with van der Waals surface area (Å²) in [6.45, 7) is 0.217. The number of carbonyl (C=O) groups excluding carboxylic acids is 5. The molecule has 9 nitrogen and oxygen atoms in total. The van der Waals surface area contributed by atoms with Crippen molar-refractivity contribution in [2.24, 2.45) is 0 Å². The van der Waals surface area contributed by atoms with E-state index in [1.165, 1.54) is 36.4 Å². The molecule has 37 heavy (non-hydrogen) atoms. The number of aliphatic hydroxyl groups is 1. The second-order valence-corrected chi connectivity index (χ2v) is 7.88. The van der Waals surface area contributed by atoms with Gasteiger partial charge >= 0.3 is 17.9 Å². The number of Topliss-reactive ketones (excluding diaryl/α,β-unsaturated/α-hetero) is 2. The van der Waals surface area contributed by atoms with E-state index in [1.807, 2.05) is 0 Å². The summed E-state index contributed by atoms with van der Waals surface area (Å²) in [5.74, 6) is -4.96. The Hall–Kier alpha value is -4.63. The lowest BCUT2D eigenvalue weighted by molar-refractivity contribution is -0.150. The first kappa shape index (κ1) is 27.0. The van der Waals surface area contributed by atoms with Crippen molar-refractivity contribution < 1.29 is 43.3 Å². The minimum atomic E-state index is -2.01. The first-order valence-electron chi connectivity index (χ1n) is 11.2. The predicted octanol–water partition coefficient (Wildman–Crippen LogP) is 2.81. The van der Waals surface area contributed by atoms with E-state index in [-0.39, 0.29) is 16.7 Å². The third-order valence-electron chi connectivity index (χ3n) is 5.17. The summed E-state index contributed by atoms with van der Waals surface area (Å²) in [6, 6.07) is 23.2. The van der Waals surface area contributed by atoms with Crippen LogP contribution >= 0.6 is 0 Å². The zero-order chi connectivity index (χ0) is 26.8. The average molecular weight is 504 g/mol. The Morgan fingerprint density at radius 1 is 0.649 bits per heavy atom. The van der Waals surface area contributed by atoms with Crippen molar-refractivity contribution in [3.8, 4) is 0 Å². The topological polar surface area (TPSA) is 133 Å². The second-order valence-electron chi connectivity index (χ2n) is 7.88. The number of hydrogen-bond donors (Lipinski definition) is 1. The van der Waals surface area contributed by atoms with Crippen LogP contribution in [0.4, 0.5) is 0 Å². The molecule has 3 rings (SSSR count). The molecule has 3 atom stereocenters. The van der Waals surface area contributed by atoms with Gasteiger partial charge < -0.3 is 19.3 Å². The van der Waals surface area contributed by atoms with Crippen LogP contribution in [0.2, 0.25) is 0 Å². The molecule has 1 N–H and O–H groups in total. The Labute approximate surface area is 212 Å². The Morgan fingerprint density at radius 2 is 1.05 bits per heavy atom. The van der Waals surface area contributed by atoms with E-state index in [4.69, 9.17) is 14.2 Å². The summed E-state index contributed by atoms with van der Waals surface area (Å²) in [6.07, 6.45) is -5.72. The van der Waals surface area contributed by atoms with Crippen LogP contribution < -0.4 is 0 Å². The van der Waals surface area contributed by atoms with E-state index >= 15 is 0 Å². The van der Waals surface area contributed by atoms with Gasteiger partial charge in [-0.05, 0) is 36.4 Å². The number of rotatable bonds is 11. The highest BCUT2D eigenvalue weighted by Gasteiger charge is 2.42. The number of aliphatic hydroxyl groups excluding tert-OH is 1. The molecule has 0 unspecified atom stereocenters. The minimum Gasteiger partial charge on any atom is -0.459 e. The van der Waals surface area contributed by atoms with E-state index in [2.05, 4.69) is 0 Å². The maximum absolute atomic E-state index is 12.8. The lowest BCUT2D eigenvalue weighted by atomic mass is 10.0. The highest BCUT2D eigenvalue weighted by atomic mass is 16.6. The van der Waals surface area contributed by atoms with Crippen molar-refractivity contribution in [3.05, 3.63) is 108 Å². The molecule has 0 radical (unpaired) electrons. The first-order chi connectivity index (χ1) is 17.8. The Balaban J connectivity index is 1.89. The molecule has 0 saturated carbocycles. The summed E-state index contributed by atoms with van der Waals surface area (Å²) >= 11 is 0. The quantitative estimate of drug-likeness (QED) is 0.238. The van der Waals surface area contributed by atoms with E-state index in [0.29, 0.717) is 0 Å². The van der Waals surface area contributed by atoms with Crippen LogP contribution in [0.1, 0.15) is 38.0 Å². The molecule has 0 aliphatic rings. The molecule has 0 bridgehead atoms. The Bertz CT molecular complexity index is 1240. The molecule has 0 spiro atoms. The molecule has 0 saturated heterocycles. The molecular weight excluding hydrogens is 480 g/mol. The van der Waals surface area contributed by atoms with Gasteiger partial charge in [0.1, 0.15) is 12.7 Å². The molecular formula is C28H24O9. The van der Waals surface area contributed by atoms with Gasteiger partial charge in [-0.3, -0.25) is 9.59 Å². The molecule has 3 aromatic carbocycles. The number of benzene rings is 3. The number of carbonyl (C=O) groups is 5. The van der Waals surface area contributed by atoms with Gasteiger partial charge in [0.25, 0.3) is 0 Å². The lowest BCUT2D eigenvalue weighted by Gasteiger charge is -2.29. The van der Waals surface area contributed by atoms with Gasteiger partial charge in [0.05, 0.1) is 16.7 Å². The maximum atomic E-state index is 12.8. The van der Waals surface area contributed by atoms with E-state index in [9.17, 15) is 29.1 Å². The van der Waals surface area contributed by atoms with Gasteiger partial charge in [-0.1, -0.05) is 54.6 Å². The van der Waals surface area contributed by atoms with Gasteiger partial charge in [0.15, 0.2) is 11.9 Å². The molecule has 0 heterocycles. The van der Waals surface area contributed by atoms with E-state index in [0.717, 1.165) is 6.92 Å². The summed E-state index contributed by atoms with van der Waals surface area (Å²) in [5.41, 5.74) is 0.325. The summed E-state index contributed by atoms with van der Waals surface area (Å²) in [5, 5.41) is 10.9. The molecule has 0 aliphatic heterocycles. The lowest BCUT2D eigenvalue weighted by Crippen LogP contribution is -2.51. The van der Waals surface area contributed by atoms with Gasteiger partial charge in [0.2, 0.25) is 11.9 Å². The fraction of sp³-hybridized carbons (Fsp3) is 0.179. The highest BCUT2D eigenvalue weighted by molar-refractivity contribution is 6.38. The van der Waals surface area contributed by atoms with Crippen molar-refractivity contribution in [2.75, 3.05) is 6.61 Å². The summed E-state index contributed by atoms with van der Waals surface area (Å²) in [4.78, 5) is 62.6. The van der Waals surface area contributed by atoms with Gasteiger partial charge in [0, 0.05) is 6.92 Å². The molecule has 0 aromatic heterocycles. The Kier molecular flexibility index (Phi) is 9.40. The molecule has 0 aliphatic carbocycles. The third-order valence-corrected chi connectivity index (χ3v) is 5.17. The van der Waals surface area contributed by atoms with Gasteiger partial charge in [-0.2, -0.15) is 0 Å². The third kappa shape index (κ3) is 7.42. The average Bonchev–Trinajstić information content (AvgIpc) is 2.94. The number of ketones is 2. The Morgan fingerprint density at radius 3 is 1.49 bits per heavy atom. The van der Waals surface area contributed by atoms with Crippen LogP contribution in [0, 0.1) is 0 Å². The second kappa shape index (κ2) is 12.9. The molecule has 9 heteroatoms. The van der Waals surface area contributed by atoms with Crippen LogP contribution in [-0.4, -0.2) is 59.5 Å². The fourth-order valence-corrected chi connectivity index (χ4v) is 3.25. The van der Waals surface area contributed by atoms with Crippen LogP contribution in [0.3, 0.4) is 0 Å². The van der Waals surface area contributed by atoms with Crippen LogP contribution in [0.25, 0.3) is 0 Å². The minimum absolute atomic E-state index is 0.0574. The van der Waals surface area contributed by atoms with Crippen molar-refractivity contribution >= 4 is 29.5 Å². The predicted molar refractivity (Wildman–Crippen MR) is 130 cm³/mol. The SMILES string of the molecule is CC(=O)C(=O)[C@H](OC(=O)c1ccccc1)[C@H](OC(=O)c1ccccc1)[C@H](O)COC(=O)c1ccccc1. The van der Waals surface area contributed by atoms with Crippen LogP contribution in [0.15, 0.2) is 91.0 Å². The molecule has 3 aromatic rings. The zero-order valence-corrected chi connectivity index (χ0v) is 19.8. The van der Waals surface area contributed by atoms with Gasteiger partial charge in [-0.25, -0.2) is 14.4 Å². The first-order valence-corrected chi connectivity index (χ1v) is 11.2. The monoisotopic (exact) mass is 504 g/mol. The standard InChI is InChI=1S/C28H24O9/c1-18(29)23(31)25(37-28(34)21-15-9-4-10-16-21)24(36-27(33)20-13-7-3-8-14-20)22(30)17-35-26(32)19-11-5-2-6-12-19/h2-16,22,24-25,30H,17H2,1H3/t22-,24-,25+/m1/s1. The van der Waals surface area contributed by atoms with Crippen molar-refractivity contribution in [3.63, 3.8) is 0 Å². The van der Waals surface area contributed by atoms with E-state index < -0.39 is 54.4 Å². The highest BCUT2D eigenvalue weighted by Crippen LogP contribution is 2.18. The number of ether oxygens (including phenoxy) is 3. The zero-order valence-electron chi connectivity index (χ0n) is 19.8. The summed E-state index contributed by atoms with van der Waals surface area (Å²) < 4.78 is 15.8. The maximum Gasteiger partial charge on any atom is 0.338 e. The molecule has 0 amide bonds. The van der Waals surface area contributed by atoms with E-state index in [1.54, 1.807) is 54.6 Å². The molecule has 0 fully saturated rings.